The van der Waals surface area contributed by atoms with Gasteiger partial charge in [-0.3, -0.25) is 0 Å². The molecule has 0 fully saturated rings. The molecule has 0 N–H and O–H groups in total. The van der Waals surface area contributed by atoms with Crippen LogP contribution in [-0.4, -0.2) is 17.6 Å². The molecule has 1 aromatic heterocycles. The summed E-state index contributed by atoms with van der Waals surface area (Å²) in [6, 6.07) is 3.76. The molecule has 0 aliphatic carbocycles. The summed E-state index contributed by atoms with van der Waals surface area (Å²) in [5.41, 5.74) is 1.42. The predicted octanol–water partition coefficient (Wildman–Crippen LogP) is 2.21. The van der Waals surface area contributed by atoms with E-state index in [9.17, 15) is 4.79 Å². The van der Waals surface area contributed by atoms with Crippen LogP contribution >= 0.6 is 0 Å². The Bertz CT molecular complexity index is 310. The van der Waals surface area contributed by atoms with E-state index in [1.165, 1.54) is 0 Å². The molecular weight excluding hydrogens is 178 g/mol. The number of aryl methyl sites for hydroxylation is 1. The van der Waals surface area contributed by atoms with Gasteiger partial charge in [-0.25, -0.2) is 9.78 Å². The zero-order valence-electron chi connectivity index (χ0n) is 8.62. The Labute approximate surface area is 84.1 Å². The maximum atomic E-state index is 11.5. The summed E-state index contributed by atoms with van der Waals surface area (Å²) < 4.78 is 4.91. The number of carbonyl (C=O) groups excluding carboxylic acids is 1. The van der Waals surface area contributed by atoms with Gasteiger partial charge in [0, 0.05) is 6.20 Å². The van der Waals surface area contributed by atoms with Crippen LogP contribution in [0.2, 0.25) is 0 Å². The van der Waals surface area contributed by atoms with Gasteiger partial charge in [-0.2, -0.15) is 0 Å². The third kappa shape index (κ3) is 2.55. The molecule has 1 heterocycles. The quantitative estimate of drug-likeness (QED) is 0.688. The predicted molar refractivity (Wildman–Crippen MR) is 54.2 cm³/mol. The topological polar surface area (TPSA) is 39.2 Å². The highest BCUT2D eigenvalue weighted by Gasteiger charge is 2.12. The first-order chi connectivity index (χ1) is 6.79. The Morgan fingerprint density at radius 1 is 1.50 bits per heavy atom. The van der Waals surface area contributed by atoms with Crippen LogP contribution in [0.25, 0.3) is 0 Å². The van der Waals surface area contributed by atoms with E-state index in [1.54, 1.807) is 13.1 Å². The number of aromatic nitrogens is 1. The first-order valence-electron chi connectivity index (χ1n) is 4.90. The summed E-state index contributed by atoms with van der Waals surface area (Å²) >= 11 is 0. The molecule has 0 radical (unpaired) electrons. The van der Waals surface area contributed by atoms with Crippen LogP contribution in [0, 0.1) is 0 Å². The zero-order valence-corrected chi connectivity index (χ0v) is 8.62. The smallest absolute Gasteiger partial charge is 0.357 e. The largest absolute Gasteiger partial charge is 0.461 e. The third-order valence-electron chi connectivity index (χ3n) is 1.88. The van der Waals surface area contributed by atoms with E-state index in [4.69, 9.17) is 4.74 Å². The average molecular weight is 193 g/mol. The molecule has 0 saturated carbocycles. The molecule has 0 atom stereocenters. The number of hydrogen-bond acceptors (Lipinski definition) is 3. The first kappa shape index (κ1) is 10.7. The van der Waals surface area contributed by atoms with Crippen molar-refractivity contribution in [3.05, 3.63) is 29.6 Å². The van der Waals surface area contributed by atoms with Gasteiger partial charge < -0.3 is 4.74 Å². The van der Waals surface area contributed by atoms with Gasteiger partial charge in [0.15, 0.2) is 5.69 Å². The first-order valence-corrected chi connectivity index (χ1v) is 4.90. The summed E-state index contributed by atoms with van der Waals surface area (Å²) in [5, 5.41) is 0. The summed E-state index contributed by atoms with van der Waals surface area (Å²) in [5.74, 6) is -0.323. The highest BCUT2D eigenvalue weighted by molar-refractivity contribution is 5.88. The molecule has 1 rings (SSSR count). The van der Waals surface area contributed by atoms with Crippen molar-refractivity contribution in [1.82, 2.24) is 4.98 Å². The van der Waals surface area contributed by atoms with Gasteiger partial charge in [0.1, 0.15) is 0 Å². The maximum absolute atomic E-state index is 11.5. The summed E-state index contributed by atoms with van der Waals surface area (Å²) in [7, 11) is 0. The van der Waals surface area contributed by atoms with Crippen molar-refractivity contribution in [2.75, 3.05) is 6.61 Å². The molecule has 0 unspecified atom stereocenters. The minimum atomic E-state index is -0.323. The van der Waals surface area contributed by atoms with Crippen molar-refractivity contribution in [3.8, 4) is 0 Å². The van der Waals surface area contributed by atoms with E-state index in [0.717, 1.165) is 18.4 Å². The van der Waals surface area contributed by atoms with Gasteiger partial charge in [-0.05, 0) is 25.0 Å². The van der Waals surface area contributed by atoms with E-state index in [0.29, 0.717) is 12.3 Å². The number of ether oxygens (including phenoxy) is 1. The van der Waals surface area contributed by atoms with Crippen LogP contribution in [0.3, 0.4) is 0 Å². The van der Waals surface area contributed by atoms with Gasteiger partial charge in [0.05, 0.1) is 6.61 Å². The van der Waals surface area contributed by atoms with Crippen LogP contribution in [0.5, 0.6) is 0 Å². The van der Waals surface area contributed by atoms with Crippen molar-refractivity contribution in [3.63, 3.8) is 0 Å². The number of esters is 1. The lowest BCUT2D eigenvalue weighted by molar-refractivity contribution is 0.0518. The highest BCUT2D eigenvalue weighted by atomic mass is 16.5. The molecule has 14 heavy (non-hydrogen) atoms. The highest BCUT2D eigenvalue weighted by Crippen LogP contribution is 2.09. The van der Waals surface area contributed by atoms with Gasteiger partial charge >= 0.3 is 5.97 Å². The Hall–Kier alpha value is -1.38. The van der Waals surface area contributed by atoms with E-state index in [2.05, 4.69) is 11.9 Å². The van der Waals surface area contributed by atoms with Crippen molar-refractivity contribution in [2.24, 2.45) is 0 Å². The van der Waals surface area contributed by atoms with Crippen LogP contribution in [0.1, 0.15) is 36.3 Å². The standard InChI is InChI=1S/C11H15NO2/c1-3-6-9-7-5-8-12-10(9)11(13)14-4-2/h5,7-8H,3-4,6H2,1-2H3. The zero-order chi connectivity index (χ0) is 10.4. The van der Waals surface area contributed by atoms with Gasteiger partial charge in [-0.15, -0.1) is 0 Å². The van der Waals surface area contributed by atoms with Gasteiger partial charge in [0.25, 0.3) is 0 Å². The fourth-order valence-corrected chi connectivity index (χ4v) is 1.29. The van der Waals surface area contributed by atoms with E-state index in [-0.39, 0.29) is 5.97 Å². The van der Waals surface area contributed by atoms with Crippen molar-refractivity contribution < 1.29 is 9.53 Å². The van der Waals surface area contributed by atoms with Crippen LogP contribution < -0.4 is 0 Å². The Balaban J connectivity index is 2.88. The van der Waals surface area contributed by atoms with Crippen LogP contribution in [-0.2, 0) is 11.2 Å². The molecule has 0 saturated heterocycles. The van der Waals surface area contributed by atoms with Gasteiger partial charge in [-0.1, -0.05) is 19.4 Å². The number of carbonyl (C=O) groups is 1. The molecule has 3 nitrogen and oxygen atoms in total. The maximum Gasteiger partial charge on any atom is 0.357 e. The summed E-state index contributed by atoms with van der Waals surface area (Å²) in [4.78, 5) is 15.5. The van der Waals surface area contributed by atoms with Gasteiger partial charge in [0.2, 0.25) is 0 Å². The molecule has 0 spiro atoms. The molecular formula is C11H15NO2. The molecule has 76 valence electrons. The third-order valence-corrected chi connectivity index (χ3v) is 1.88. The van der Waals surface area contributed by atoms with Crippen molar-refractivity contribution in [1.29, 1.82) is 0 Å². The fourth-order valence-electron chi connectivity index (χ4n) is 1.29. The van der Waals surface area contributed by atoms with Crippen molar-refractivity contribution >= 4 is 5.97 Å². The Morgan fingerprint density at radius 3 is 2.93 bits per heavy atom. The second kappa shape index (κ2) is 5.37. The number of hydrogen-bond donors (Lipinski definition) is 0. The molecule has 1 aromatic rings. The minimum Gasteiger partial charge on any atom is -0.461 e. The lowest BCUT2D eigenvalue weighted by atomic mass is 10.1. The average Bonchev–Trinajstić information content (AvgIpc) is 2.19. The molecule has 0 aromatic carbocycles. The van der Waals surface area contributed by atoms with Crippen molar-refractivity contribution in [2.45, 2.75) is 26.7 Å². The van der Waals surface area contributed by atoms with Crippen LogP contribution in [0.4, 0.5) is 0 Å². The van der Waals surface area contributed by atoms with E-state index < -0.39 is 0 Å². The normalized spacial score (nSPS) is 9.86. The number of pyridine rings is 1. The fraction of sp³-hybridized carbons (Fsp3) is 0.455. The monoisotopic (exact) mass is 193 g/mol. The summed E-state index contributed by atoms with van der Waals surface area (Å²) in [6.45, 7) is 4.25. The molecule has 0 aliphatic heterocycles. The minimum absolute atomic E-state index is 0.323. The molecule has 0 bridgehead atoms. The lowest BCUT2D eigenvalue weighted by Gasteiger charge is -2.05. The Kier molecular flexibility index (Phi) is 4.11. The molecule has 0 aliphatic rings. The Morgan fingerprint density at radius 2 is 2.29 bits per heavy atom. The summed E-state index contributed by atoms with van der Waals surface area (Å²) in [6.07, 6.45) is 3.48. The second-order valence-corrected chi connectivity index (χ2v) is 2.98. The SMILES string of the molecule is CCCc1cccnc1C(=O)OCC. The lowest BCUT2D eigenvalue weighted by Crippen LogP contribution is -2.10. The van der Waals surface area contributed by atoms with E-state index in [1.807, 2.05) is 12.1 Å². The van der Waals surface area contributed by atoms with Crippen LogP contribution in [0.15, 0.2) is 18.3 Å². The number of nitrogens with zero attached hydrogens (tertiary/aromatic N) is 1. The molecule has 3 heteroatoms. The van der Waals surface area contributed by atoms with E-state index >= 15 is 0 Å². The number of rotatable bonds is 4. The second-order valence-electron chi connectivity index (χ2n) is 2.98. The molecule has 0 amide bonds.